The third-order valence-electron chi connectivity index (χ3n) is 13.0. The van der Waals surface area contributed by atoms with Crippen LogP contribution in [0.2, 0.25) is 5.02 Å². The number of nitrogens with one attached hydrogen (secondary N) is 1. The van der Waals surface area contributed by atoms with Gasteiger partial charge in [0.15, 0.2) is 5.75 Å². The molecule has 17 heteroatoms. The lowest BCUT2D eigenvalue weighted by Gasteiger charge is -2.55. The van der Waals surface area contributed by atoms with Gasteiger partial charge < -0.3 is 19.3 Å². The molecule has 334 valence electrons. The van der Waals surface area contributed by atoms with E-state index < -0.39 is 29.2 Å². The molecule has 0 spiro atoms. The number of rotatable bonds is 15. The van der Waals surface area contributed by atoms with Gasteiger partial charge in [-0.1, -0.05) is 37.6 Å². The number of nitrogens with zero attached hydrogens (tertiary/aromatic N) is 8. The van der Waals surface area contributed by atoms with E-state index in [9.17, 15) is 24.4 Å². The smallest absolute Gasteiger partial charge is 0.261 e. The van der Waals surface area contributed by atoms with Gasteiger partial charge in [-0.2, -0.15) is 5.26 Å². The van der Waals surface area contributed by atoms with E-state index in [0.717, 1.165) is 85.3 Å². The number of nitriles is 1. The molecule has 8 rings (SSSR count). The van der Waals surface area contributed by atoms with Gasteiger partial charge in [0.2, 0.25) is 24.2 Å². The highest BCUT2D eigenvalue weighted by atomic mass is 35.5. The summed E-state index contributed by atoms with van der Waals surface area (Å²) in [7, 11) is 0. The molecule has 4 aliphatic rings. The van der Waals surface area contributed by atoms with E-state index in [1.165, 1.54) is 0 Å². The summed E-state index contributed by atoms with van der Waals surface area (Å²) >= 11 is 12.3. The highest BCUT2D eigenvalue weighted by molar-refractivity contribution is 6.32. The molecular formula is C47H51Cl2N9O6. The lowest BCUT2D eigenvalue weighted by Crippen LogP contribution is -2.71. The number of carbonyl (C=O) groups excluding carboxylic acids is 4. The van der Waals surface area contributed by atoms with Crippen LogP contribution in [0.15, 0.2) is 66.9 Å². The standard InChI is InChI=1S/C47H51Cl2N9O6/c1-30-20-35(6-9-39(30)45(62)58(29-59)41-10-11-42(60)53-44(41)61)56-26-37(27-56)57-24-36(25-57)54-15-17-55(18-16-54)46-51-14-12-34(52-46)28-64-38-7-4-32(5-8-38)47(2,3)33-21-31(23-50)43(40(49)22-33)63-19-13-48/h4-9,12,14,20-22,29,36-37,41H,10-11,13,15-19,24-28H2,1-3H3,(H,53,60,61). The zero-order valence-corrected chi connectivity index (χ0v) is 37.6. The summed E-state index contributed by atoms with van der Waals surface area (Å²) < 4.78 is 11.8. The maximum absolute atomic E-state index is 13.3. The van der Waals surface area contributed by atoms with Crippen LogP contribution in [-0.4, -0.2) is 132 Å². The van der Waals surface area contributed by atoms with Gasteiger partial charge in [-0.05, 0) is 78.6 Å². The van der Waals surface area contributed by atoms with E-state index in [1.807, 2.05) is 61.5 Å². The molecule has 1 atom stereocenters. The Balaban J connectivity index is 0.772. The normalized spacial score (nSPS) is 18.7. The fourth-order valence-corrected chi connectivity index (χ4v) is 9.22. The Hall–Kier alpha value is -5.79. The number of anilines is 2. The average Bonchev–Trinajstić information content (AvgIpc) is 3.26. The molecule has 0 radical (unpaired) electrons. The van der Waals surface area contributed by atoms with Crippen LogP contribution in [-0.2, 0) is 26.4 Å². The van der Waals surface area contributed by atoms with Crippen LogP contribution in [0, 0.1) is 18.3 Å². The number of halogens is 2. The summed E-state index contributed by atoms with van der Waals surface area (Å²) in [6.07, 6.45) is 2.36. The van der Waals surface area contributed by atoms with Crippen molar-refractivity contribution >= 4 is 59.0 Å². The number of hydrogen-bond donors (Lipinski definition) is 1. The topological polar surface area (TPSA) is 165 Å². The molecule has 3 aromatic carbocycles. The molecule has 4 amide bonds. The first-order chi connectivity index (χ1) is 30.9. The zero-order valence-electron chi connectivity index (χ0n) is 36.1. The quantitative estimate of drug-likeness (QED) is 0.0972. The van der Waals surface area contributed by atoms with Crippen LogP contribution in [0.25, 0.3) is 0 Å². The Labute approximate surface area is 382 Å². The third kappa shape index (κ3) is 9.37. The minimum Gasteiger partial charge on any atom is -0.489 e. The number of ether oxygens (including phenoxy) is 2. The Morgan fingerprint density at radius 1 is 0.953 bits per heavy atom. The Bertz CT molecular complexity index is 2440. The first-order valence-corrected chi connectivity index (χ1v) is 22.5. The molecule has 4 aromatic rings. The predicted molar refractivity (Wildman–Crippen MR) is 242 cm³/mol. The Morgan fingerprint density at radius 2 is 1.69 bits per heavy atom. The number of benzene rings is 3. The molecule has 15 nitrogen and oxygen atoms in total. The van der Waals surface area contributed by atoms with Crippen molar-refractivity contribution in [2.24, 2.45) is 0 Å². The van der Waals surface area contributed by atoms with Crippen molar-refractivity contribution in [1.29, 1.82) is 5.26 Å². The largest absolute Gasteiger partial charge is 0.489 e. The van der Waals surface area contributed by atoms with Crippen LogP contribution >= 0.6 is 23.2 Å². The van der Waals surface area contributed by atoms with Gasteiger partial charge in [-0.25, -0.2) is 9.97 Å². The van der Waals surface area contributed by atoms with Gasteiger partial charge in [-0.3, -0.25) is 39.2 Å². The molecule has 0 bridgehead atoms. The van der Waals surface area contributed by atoms with Crippen LogP contribution in [0.3, 0.4) is 0 Å². The highest BCUT2D eigenvalue weighted by Gasteiger charge is 2.42. The second-order valence-electron chi connectivity index (χ2n) is 17.2. The number of likely N-dealkylation sites (tertiary alicyclic amines) is 1. The van der Waals surface area contributed by atoms with Crippen molar-refractivity contribution in [3.05, 3.63) is 105 Å². The first-order valence-electron chi connectivity index (χ1n) is 21.5. The molecule has 64 heavy (non-hydrogen) atoms. The minimum absolute atomic E-state index is 0.0779. The van der Waals surface area contributed by atoms with Gasteiger partial charge in [-0.15, -0.1) is 11.6 Å². The van der Waals surface area contributed by atoms with E-state index in [4.69, 9.17) is 37.7 Å². The van der Waals surface area contributed by atoms with E-state index in [0.29, 0.717) is 64.6 Å². The van der Waals surface area contributed by atoms with E-state index >= 15 is 0 Å². The summed E-state index contributed by atoms with van der Waals surface area (Å²) in [5, 5.41) is 12.4. The molecule has 1 aromatic heterocycles. The molecule has 1 N–H and O–H groups in total. The molecule has 4 aliphatic heterocycles. The number of alkyl halides is 1. The summed E-state index contributed by atoms with van der Waals surface area (Å²) in [5.41, 5.74) is 4.74. The van der Waals surface area contributed by atoms with Gasteiger partial charge in [0.1, 0.15) is 31.1 Å². The lowest BCUT2D eigenvalue weighted by atomic mass is 9.77. The van der Waals surface area contributed by atoms with Crippen molar-refractivity contribution in [1.82, 2.24) is 30.0 Å². The second-order valence-corrected chi connectivity index (χ2v) is 18.0. The number of aromatic nitrogens is 2. The van der Waals surface area contributed by atoms with Gasteiger partial charge in [0.25, 0.3) is 5.91 Å². The monoisotopic (exact) mass is 907 g/mol. The first kappa shape index (κ1) is 44.8. The van der Waals surface area contributed by atoms with Crippen molar-refractivity contribution in [3.63, 3.8) is 0 Å². The number of amides is 4. The van der Waals surface area contributed by atoms with Gasteiger partial charge >= 0.3 is 0 Å². The number of piperazine rings is 1. The third-order valence-corrected chi connectivity index (χ3v) is 13.4. The maximum Gasteiger partial charge on any atom is 0.261 e. The van der Waals surface area contributed by atoms with Crippen molar-refractivity contribution in [2.45, 2.75) is 63.8 Å². The lowest BCUT2D eigenvalue weighted by molar-refractivity contribution is -0.139. The van der Waals surface area contributed by atoms with Crippen LogP contribution < -0.4 is 24.6 Å². The predicted octanol–water partition coefficient (Wildman–Crippen LogP) is 4.93. The second kappa shape index (κ2) is 19.1. The maximum atomic E-state index is 13.3. The van der Waals surface area contributed by atoms with Gasteiger partial charge in [0.05, 0.1) is 22.2 Å². The van der Waals surface area contributed by atoms with E-state index in [2.05, 4.69) is 49.8 Å². The summed E-state index contributed by atoms with van der Waals surface area (Å²) in [4.78, 5) is 69.1. The summed E-state index contributed by atoms with van der Waals surface area (Å²) in [5.74, 6) is 0.484. The Kier molecular flexibility index (Phi) is 13.4. The van der Waals surface area contributed by atoms with Crippen LogP contribution in [0.4, 0.5) is 11.6 Å². The molecule has 4 saturated heterocycles. The fraction of sp³-hybridized carbons (Fsp3) is 0.426. The Morgan fingerprint density at radius 3 is 2.36 bits per heavy atom. The average molecular weight is 909 g/mol. The fourth-order valence-electron chi connectivity index (χ4n) is 8.87. The number of aryl methyl sites for hydroxylation is 1. The molecule has 0 aliphatic carbocycles. The van der Waals surface area contributed by atoms with Gasteiger partial charge in [0, 0.05) is 93.7 Å². The number of imide groups is 2. The zero-order chi connectivity index (χ0) is 45.1. The molecular weight excluding hydrogens is 857 g/mol. The van der Waals surface area contributed by atoms with Crippen LogP contribution in [0.5, 0.6) is 11.5 Å². The highest BCUT2D eigenvalue weighted by Crippen LogP contribution is 2.39. The molecule has 1 unspecified atom stereocenters. The van der Waals surface area contributed by atoms with Crippen molar-refractivity contribution in [3.8, 4) is 17.6 Å². The van der Waals surface area contributed by atoms with E-state index in [1.54, 1.807) is 12.3 Å². The minimum atomic E-state index is -1.000. The molecule has 4 fully saturated rings. The summed E-state index contributed by atoms with van der Waals surface area (Å²) in [6.45, 7) is 14.0. The van der Waals surface area contributed by atoms with Crippen molar-refractivity contribution < 1.29 is 28.7 Å². The molecule has 0 saturated carbocycles. The SMILES string of the molecule is Cc1cc(N2CC(N3CC(N4CCN(c5nccc(COc6ccc(C(C)(C)c7cc(Cl)c(OCCCl)c(C#N)c7)cc6)n5)CC4)C3)C2)ccc1C(=O)N(C=O)C1CCC(=O)NC1=O. The summed E-state index contributed by atoms with van der Waals surface area (Å²) in [6, 6.07) is 21.2. The number of hydrogen-bond acceptors (Lipinski definition) is 13. The number of piperidine rings is 1. The number of carbonyl (C=O) groups is 4. The van der Waals surface area contributed by atoms with Crippen LogP contribution in [0.1, 0.15) is 65.0 Å². The molecule has 5 heterocycles. The van der Waals surface area contributed by atoms with E-state index in [-0.39, 0.29) is 19.4 Å². The van der Waals surface area contributed by atoms with Crippen molar-refractivity contribution in [2.75, 3.05) is 74.6 Å².